The van der Waals surface area contributed by atoms with Gasteiger partial charge < -0.3 is 14.6 Å². The molecule has 2 heterocycles. The van der Waals surface area contributed by atoms with Crippen LogP contribution in [-0.4, -0.2) is 87.2 Å². The molecule has 0 saturated carbocycles. The first kappa shape index (κ1) is 31.2. The van der Waals surface area contributed by atoms with E-state index >= 15 is 0 Å². The summed E-state index contributed by atoms with van der Waals surface area (Å²) in [4.78, 5) is 52.5. The summed E-state index contributed by atoms with van der Waals surface area (Å²) in [5.41, 5.74) is 7.24. The molecule has 1 N–H and O–H groups in total. The van der Waals surface area contributed by atoms with Gasteiger partial charge in [-0.15, -0.1) is 0 Å². The van der Waals surface area contributed by atoms with Crippen molar-refractivity contribution >= 4 is 23.8 Å². The van der Waals surface area contributed by atoms with Crippen LogP contribution in [0.4, 0.5) is 9.59 Å². The van der Waals surface area contributed by atoms with E-state index in [1.54, 1.807) is 41.5 Å². The lowest BCUT2D eigenvalue weighted by molar-refractivity contribution is -0.124. The smallest absolute Gasteiger partial charge is 0.410 e. The van der Waals surface area contributed by atoms with Crippen molar-refractivity contribution in [2.45, 2.75) is 117 Å². The Labute approximate surface area is 212 Å². The summed E-state index contributed by atoms with van der Waals surface area (Å²) >= 11 is 0. The SMILES string of the molecule is CC(=O)C1CCC(N=[N+]=[N-])CN1C(=O)OC(C)(C)C.CC(=O)C1CCC(O)CN1C(=O)OC(C)(C)C. The van der Waals surface area contributed by atoms with Crippen molar-refractivity contribution in [2.75, 3.05) is 13.1 Å². The number of rotatable bonds is 3. The Balaban J connectivity index is 0.000000362. The molecule has 4 atom stereocenters. The van der Waals surface area contributed by atoms with Gasteiger partial charge in [-0.2, -0.15) is 0 Å². The minimum Gasteiger partial charge on any atom is -0.444 e. The Morgan fingerprint density at radius 3 is 1.61 bits per heavy atom. The van der Waals surface area contributed by atoms with Gasteiger partial charge in [0.25, 0.3) is 0 Å². The van der Waals surface area contributed by atoms with Gasteiger partial charge in [0.1, 0.15) is 11.2 Å². The molecule has 12 nitrogen and oxygen atoms in total. The maximum absolute atomic E-state index is 12.1. The fourth-order valence-corrected chi connectivity index (χ4v) is 3.96. The number of aliphatic hydroxyl groups is 1. The van der Waals surface area contributed by atoms with Crippen molar-refractivity contribution < 1.29 is 33.8 Å². The summed E-state index contributed by atoms with van der Waals surface area (Å²) in [7, 11) is 0. The molecular formula is C24H41N5O7. The quantitative estimate of drug-likeness (QED) is 0.340. The van der Waals surface area contributed by atoms with Gasteiger partial charge in [0, 0.05) is 11.5 Å². The fourth-order valence-electron chi connectivity index (χ4n) is 3.96. The summed E-state index contributed by atoms with van der Waals surface area (Å²) in [6.07, 6.45) is 0.505. The number of hydrogen-bond acceptors (Lipinski definition) is 8. The first-order chi connectivity index (χ1) is 16.4. The Morgan fingerprint density at radius 2 is 1.22 bits per heavy atom. The zero-order valence-electron chi connectivity index (χ0n) is 22.7. The summed E-state index contributed by atoms with van der Waals surface area (Å²) < 4.78 is 10.5. The van der Waals surface area contributed by atoms with Crippen LogP contribution in [0.1, 0.15) is 81.1 Å². The number of amides is 2. The predicted octanol–water partition coefficient (Wildman–Crippen LogP) is 3.99. The minimum absolute atomic E-state index is 0.0669. The molecule has 0 spiro atoms. The van der Waals surface area contributed by atoms with Crippen LogP contribution in [0.5, 0.6) is 0 Å². The maximum atomic E-state index is 12.1. The van der Waals surface area contributed by atoms with Crippen LogP contribution in [0.15, 0.2) is 5.11 Å². The Morgan fingerprint density at radius 1 is 0.806 bits per heavy atom. The number of ketones is 2. The highest BCUT2D eigenvalue weighted by Gasteiger charge is 2.37. The lowest BCUT2D eigenvalue weighted by Crippen LogP contribution is -2.52. The second-order valence-electron chi connectivity index (χ2n) is 11.2. The molecule has 0 aliphatic carbocycles. The van der Waals surface area contributed by atoms with E-state index < -0.39 is 41.6 Å². The monoisotopic (exact) mass is 511 g/mol. The van der Waals surface area contributed by atoms with Gasteiger partial charge in [-0.05, 0) is 86.6 Å². The summed E-state index contributed by atoms with van der Waals surface area (Å²) in [6, 6.07) is -1.25. The number of piperidine rings is 2. The Bertz CT molecular complexity index is 858. The van der Waals surface area contributed by atoms with E-state index in [0.717, 1.165) is 0 Å². The molecule has 2 rings (SSSR count). The number of hydrogen-bond donors (Lipinski definition) is 1. The minimum atomic E-state index is -0.621. The van der Waals surface area contributed by atoms with Crippen molar-refractivity contribution in [1.29, 1.82) is 0 Å². The molecule has 2 aliphatic rings. The highest BCUT2D eigenvalue weighted by atomic mass is 16.6. The molecule has 0 aromatic carbocycles. The van der Waals surface area contributed by atoms with Gasteiger partial charge in [0.15, 0.2) is 11.6 Å². The second kappa shape index (κ2) is 12.9. The van der Waals surface area contributed by atoms with Crippen LogP contribution in [0.25, 0.3) is 10.4 Å². The summed E-state index contributed by atoms with van der Waals surface area (Å²) in [6.45, 7) is 13.9. The van der Waals surface area contributed by atoms with E-state index in [9.17, 15) is 24.3 Å². The number of ether oxygens (including phenoxy) is 2. The van der Waals surface area contributed by atoms with E-state index in [4.69, 9.17) is 15.0 Å². The van der Waals surface area contributed by atoms with Gasteiger partial charge in [-0.3, -0.25) is 19.4 Å². The zero-order valence-corrected chi connectivity index (χ0v) is 22.7. The standard InChI is InChI=1S/C12H20N4O3.C12H21NO4/c1-8(17)10-6-5-9(14-15-13)7-16(10)11(18)19-12(2,3)4;1-8(14)10-6-5-9(15)7-13(10)11(16)17-12(2,3)4/h9-10H,5-7H2,1-4H3;9-10,15H,5-7H2,1-4H3. The largest absolute Gasteiger partial charge is 0.444 e. The lowest BCUT2D eigenvalue weighted by Gasteiger charge is -2.37. The first-order valence-corrected chi connectivity index (χ1v) is 12.2. The van der Waals surface area contributed by atoms with Crippen LogP contribution >= 0.6 is 0 Å². The average molecular weight is 512 g/mol. The molecule has 0 aromatic heterocycles. The highest BCUT2D eigenvalue weighted by Crippen LogP contribution is 2.23. The molecular weight excluding hydrogens is 470 g/mol. The average Bonchev–Trinajstić information content (AvgIpc) is 2.71. The molecule has 2 aliphatic heterocycles. The third-order valence-corrected chi connectivity index (χ3v) is 5.52. The lowest BCUT2D eigenvalue weighted by atomic mass is 9.97. The molecule has 12 heteroatoms. The molecule has 0 radical (unpaired) electrons. The van der Waals surface area contributed by atoms with Crippen molar-refractivity contribution in [1.82, 2.24) is 9.80 Å². The Hall–Kier alpha value is -2.85. The molecule has 2 amide bonds. The zero-order chi connectivity index (χ0) is 27.8. The topological polar surface area (TPSA) is 162 Å². The van der Waals surface area contributed by atoms with Crippen molar-refractivity contribution in [3.05, 3.63) is 10.4 Å². The van der Waals surface area contributed by atoms with Crippen LogP contribution in [0.2, 0.25) is 0 Å². The first-order valence-electron chi connectivity index (χ1n) is 12.2. The molecule has 204 valence electrons. The number of nitrogens with zero attached hydrogens (tertiary/aromatic N) is 5. The van der Waals surface area contributed by atoms with Crippen LogP contribution in [0, 0.1) is 0 Å². The maximum Gasteiger partial charge on any atom is 0.410 e. The summed E-state index contributed by atoms with van der Waals surface area (Å²) in [5, 5.41) is 13.2. The third-order valence-electron chi connectivity index (χ3n) is 5.52. The molecule has 2 fully saturated rings. The van der Waals surface area contributed by atoms with Crippen LogP contribution in [0.3, 0.4) is 0 Å². The van der Waals surface area contributed by atoms with E-state index in [1.807, 2.05) is 0 Å². The number of carbonyl (C=O) groups excluding carboxylic acids is 4. The van der Waals surface area contributed by atoms with E-state index in [1.165, 1.54) is 23.6 Å². The van der Waals surface area contributed by atoms with Gasteiger partial charge >= 0.3 is 12.2 Å². The number of likely N-dealkylation sites (tertiary alicyclic amines) is 2. The van der Waals surface area contributed by atoms with Crippen molar-refractivity contribution in [3.8, 4) is 0 Å². The Kier molecular flexibility index (Phi) is 11.2. The van der Waals surface area contributed by atoms with Gasteiger partial charge in [-0.1, -0.05) is 5.11 Å². The third kappa shape index (κ3) is 10.4. The molecule has 0 aromatic rings. The van der Waals surface area contributed by atoms with E-state index in [0.29, 0.717) is 25.7 Å². The summed E-state index contributed by atoms with van der Waals surface area (Å²) in [5.74, 6) is -0.145. The number of Topliss-reactive ketones (excluding diaryl/α,β-unsaturated/α-hetero) is 2. The number of aliphatic hydroxyl groups excluding tert-OH is 1. The van der Waals surface area contributed by atoms with Crippen molar-refractivity contribution in [3.63, 3.8) is 0 Å². The number of β-amino-alcohol motifs (C(OH)–C–C–N with tert-alkyl or cyclic N) is 1. The molecule has 0 bridgehead atoms. The predicted molar refractivity (Wildman–Crippen MR) is 132 cm³/mol. The molecule has 36 heavy (non-hydrogen) atoms. The molecule has 4 unspecified atom stereocenters. The normalized spacial score (nSPS) is 24.5. The van der Waals surface area contributed by atoms with Gasteiger partial charge in [0.2, 0.25) is 0 Å². The van der Waals surface area contributed by atoms with E-state index in [-0.39, 0.29) is 30.7 Å². The fraction of sp³-hybridized carbons (Fsp3) is 0.833. The van der Waals surface area contributed by atoms with Gasteiger partial charge in [-0.25, -0.2) is 9.59 Å². The highest BCUT2D eigenvalue weighted by molar-refractivity contribution is 5.86. The van der Waals surface area contributed by atoms with Crippen LogP contribution in [-0.2, 0) is 19.1 Å². The van der Waals surface area contributed by atoms with Gasteiger partial charge in [0.05, 0.1) is 30.8 Å². The second-order valence-corrected chi connectivity index (χ2v) is 11.2. The van der Waals surface area contributed by atoms with E-state index in [2.05, 4.69) is 10.0 Å². The van der Waals surface area contributed by atoms with Crippen molar-refractivity contribution in [2.24, 2.45) is 5.11 Å². The number of azide groups is 1. The number of carbonyl (C=O) groups is 4. The molecule has 2 saturated heterocycles. The van der Waals surface area contributed by atoms with Crippen LogP contribution < -0.4 is 0 Å².